The maximum atomic E-state index is 11.6. The van der Waals surface area contributed by atoms with E-state index in [4.69, 9.17) is 0 Å². The standard InChI is InChI=1S/C12H15BrN4O3/c1-2-11(18)16-4-3-8(7-16)15-12-9(13)5-14-6-10(12)17(19)20/h5-6,8H,2-4,7H2,1H3,(H,14,15)/t8-/m1/s1. The molecule has 108 valence electrons. The highest BCUT2D eigenvalue weighted by Crippen LogP contribution is 2.32. The summed E-state index contributed by atoms with van der Waals surface area (Å²) in [6.07, 6.45) is 3.99. The van der Waals surface area contributed by atoms with Crippen molar-refractivity contribution in [3.63, 3.8) is 0 Å². The molecule has 20 heavy (non-hydrogen) atoms. The summed E-state index contributed by atoms with van der Waals surface area (Å²) >= 11 is 3.27. The van der Waals surface area contributed by atoms with Crippen molar-refractivity contribution in [1.29, 1.82) is 0 Å². The summed E-state index contributed by atoms with van der Waals surface area (Å²) in [4.78, 5) is 27.7. The fourth-order valence-corrected chi connectivity index (χ4v) is 2.67. The normalized spacial score (nSPS) is 18.1. The summed E-state index contributed by atoms with van der Waals surface area (Å²) in [6.45, 7) is 3.08. The minimum atomic E-state index is -0.468. The number of halogens is 1. The van der Waals surface area contributed by atoms with Gasteiger partial charge in [-0.1, -0.05) is 6.92 Å². The topological polar surface area (TPSA) is 88.4 Å². The lowest BCUT2D eigenvalue weighted by atomic mass is 10.2. The van der Waals surface area contributed by atoms with Crippen LogP contribution in [0.5, 0.6) is 0 Å². The third kappa shape index (κ3) is 3.06. The van der Waals surface area contributed by atoms with Gasteiger partial charge < -0.3 is 10.2 Å². The number of nitrogens with one attached hydrogen (secondary N) is 1. The third-order valence-electron chi connectivity index (χ3n) is 3.27. The average Bonchev–Trinajstić information content (AvgIpc) is 2.88. The van der Waals surface area contributed by atoms with Gasteiger partial charge in [0.25, 0.3) is 0 Å². The smallest absolute Gasteiger partial charge is 0.311 e. The first kappa shape index (κ1) is 14.7. The maximum absolute atomic E-state index is 11.6. The first-order valence-electron chi connectivity index (χ1n) is 6.35. The molecule has 1 aromatic heterocycles. The zero-order valence-electron chi connectivity index (χ0n) is 11.0. The lowest BCUT2D eigenvalue weighted by Gasteiger charge is -2.17. The summed E-state index contributed by atoms with van der Waals surface area (Å²) < 4.78 is 0.548. The molecule has 8 heteroatoms. The number of pyridine rings is 1. The van der Waals surface area contributed by atoms with Gasteiger partial charge in [0.05, 0.1) is 9.40 Å². The van der Waals surface area contributed by atoms with Gasteiger partial charge in [0.2, 0.25) is 5.91 Å². The molecule has 0 saturated carbocycles. The number of anilines is 1. The lowest BCUT2D eigenvalue weighted by molar-refractivity contribution is -0.384. The Kier molecular flexibility index (Phi) is 4.53. The predicted molar refractivity (Wildman–Crippen MR) is 77.5 cm³/mol. The van der Waals surface area contributed by atoms with E-state index in [2.05, 4.69) is 26.2 Å². The summed E-state index contributed by atoms with van der Waals surface area (Å²) in [5.41, 5.74) is 0.348. The fourth-order valence-electron chi connectivity index (χ4n) is 2.24. The molecule has 0 aromatic carbocycles. The van der Waals surface area contributed by atoms with Crippen LogP contribution in [0.4, 0.5) is 11.4 Å². The predicted octanol–water partition coefficient (Wildman–Crippen LogP) is 2.18. The number of hydrogen-bond donors (Lipinski definition) is 1. The SMILES string of the molecule is CCC(=O)N1CC[C@@H](Nc2c(Br)cncc2[N+](=O)[O-])C1. The van der Waals surface area contributed by atoms with Crippen molar-refractivity contribution < 1.29 is 9.72 Å². The first-order chi connectivity index (χ1) is 9.52. The molecule has 0 unspecified atom stereocenters. The number of likely N-dealkylation sites (tertiary alicyclic amines) is 1. The van der Waals surface area contributed by atoms with Gasteiger partial charge in [0.1, 0.15) is 11.9 Å². The highest BCUT2D eigenvalue weighted by molar-refractivity contribution is 9.10. The summed E-state index contributed by atoms with van der Waals surface area (Å²) in [7, 11) is 0. The second-order valence-electron chi connectivity index (χ2n) is 4.60. The monoisotopic (exact) mass is 342 g/mol. The van der Waals surface area contributed by atoms with Crippen LogP contribution in [0.15, 0.2) is 16.9 Å². The number of amides is 1. The Bertz CT molecular complexity index is 537. The molecule has 1 saturated heterocycles. The molecule has 0 radical (unpaired) electrons. The summed E-state index contributed by atoms with van der Waals surface area (Å²) in [5.74, 6) is 0.109. The number of hydrogen-bond acceptors (Lipinski definition) is 5. The highest BCUT2D eigenvalue weighted by atomic mass is 79.9. The Morgan fingerprint density at radius 3 is 3.05 bits per heavy atom. The van der Waals surface area contributed by atoms with E-state index in [0.717, 1.165) is 6.42 Å². The largest absolute Gasteiger partial charge is 0.374 e. The van der Waals surface area contributed by atoms with Gasteiger partial charge in [-0.3, -0.25) is 19.9 Å². The molecule has 2 heterocycles. The Morgan fingerprint density at radius 2 is 2.40 bits per heavy atom. The van der Waals surface area contributed by atoms with Crippen LogP contribution in [-0.4, -0.2) is 39.8 Å². The van der Waals surface area contributed by atoms with E-state index in [9.17, 15) is 14.9 Å². The van der Waals surface area contributed by atoms with Crippen LogP contribution in [0.1, 0.15) is 19.8 Å². The van der Waals surface area contributed by atoms with Crippen molar-refractivity contribution in [2.45, 2.75) is 25.8 Å². The van der Waals surface area contributed by atoms with Crippen LogP contribution < -0.4 is 5.32 Å². The molecule has 1 aliphatic rings. The third-order valence-corrected chi connectivity index (χ3v) is 3.87. The van der Waals surface area contributed by atoms with Crippen molar-refractivity contribution in [3.8, 4) is 0 Å². The van der Waals surface area contributed by atoms with Crippen LogP contribution in [0, 0.1) is 10.1 Å². The van der Waals surface area contributed by atoms with Crippen LogP contribution >= 0.6 is 15.9 Å². The molecule has 1 N–H and O–H groups in total. The second-order valence-corrected chi connectivity index (χ2v) is 5.45. The van der Waals surface area contributed by atoms with Crippen molar-refractivity contribution in [3.05, 3.63) is 27.0 Å². The maximum Gasteiger partial charge on any atom is 0.311 e. The average molecular weight is 343 g/mol. The molecule has 1 amide bonds. The minimum Gasteiger partial charge on any atom is -0.374 e. The molecule has 1 atom stereocenters. The van der Waals surface area contributed by atoms with E-state index in [0.29, 0.717) is 29.7 Å². The van der Waals surface area contributed by atoms with Crippen LogP contribution in [0.2, 0.25) is 0 Å². The number of nitrogens with zero attached hydrogens (tertiary/aromatic N) is 3. The lowest BCUT2D eigenvalue weighted by Crippen LogP contribution is -2.31. The number of carbonyl (C=O) groups excluding carboxylic acids is 1. The summed E-state index contributed by atoms with van der Waals surface area (Å²) in [6, 6.07) is 0.0166. The van der Waals surface area contributed by atoms with Crippen molar-refractivity contribution in [2.75, 3.05) is 18.4 Å². The van der Waals surface area contributed by atoms with E-state index >= 15 is 0 Å². The second kappa shape index (κ2) is 6.17. The van der Waals surface area contributed by atoms with E-state index in [1.54, 1.807) is 4.90 Å². The quantitative estimate of drug-likeness (QED) is 0.669. The van der Waals surface area contributed by atoms with E-state index < -0.39 is 4.92 Å². The minimum absolute atomic E-state index is 0.0166. The zero-order valence-corrected chi connectivity index (χ0v) is 12.6. The van der Waals surface area contributed by atoms with Gasteiger partial charge in [0.15, 0.2) is 0 Å². The molecule has 2 rings (SSSR count). The van der Waals surface area contributed by atoms with Gasteiger partial charge in [-0.25, -0.2) is 0 Å². The van der Waals surface area contributed by atoms with Crippen molar-refractivity contribution in [2.24, 2.45) is 0 Å². The summed E-state index contributed by atoms with van der Waals surface area (Å²) in [5, 5.41) is 14.2. The van der Waals surface area contributed by atoms with Crippen molar-refractivity contribution >= 4 is 33.2 Å². The molecule has 1 aliphatic heterocycles. The van der Waals surface area contributed by atoms with E-state index in [-0.39, 0.29) is 17.6 Å². The number of rotatable bonds is 4. The van der Waals surface area contributed by atoms with Crippen LogP contribution in [-0.2, 0) is 4.79 Å². The molecule has 0 bridgehead atoms. The van der Waals surface area contributed by atoms with E-state index in [1.165, 1.54) is 12.4 Å². The molecule has 1 aromatic rings. The Morgan fingerprint density at radius 1 is 1.65 bits per heavy atom. The first-order valence-corrected chi connectivity index (χ1v) is 7.14. The highest BCUT2D eigenvalue weighted by Gasteiger charge is 2.28. The molecule has 1 fully saturated rings. The van der Waals surface area contributed by atoms with Gasteiger partial charge in [0, 0.05) is 31.7 Å². The van der Waals surface area contributed by atoms with Gasteiger partial charge >= 0.3 is 5.69 Å². The molecular weight excluding hydrogens is 328 g/mol. The molecule has 0 aliphatic carbocycles. The van der Waals surface area contributed by atoms with Gasteiger partial charge in [-0.15, -0.1) is 0 Å². The van der Waals surface area contributed by atoms with Crippen LogP contribution in [0.3, 0.4) is 0 Å². The number of aromatic nitrogens is 1. The zero-order chi connectivity index (χ0) is 14.7. The van der Waals surface area contributed by atoms with Gasteiger partial charge in [-0.05, 0) is 22.4 Å². The Balaban J connectivity index is 2.12. The fraction of sp³-hybridized carbons (Fsp3) is 0.500. The van der Waals surface area contributed by atoms with Gasteiger partial charge in [-0.2, -0.15) is 0 Å². The van der Waals surface area contributed by atoms with Crippen molar-refractivity contribution in [1.82, 2.24) is 9.88 Å². The number of nitro groups is 1. The number of carbonyl (C=O) groups is 1. The molecule has 0 spiro atoms. The molecule has 7 nitrogen and oxygen atoms in total. The van der Waals surface area contributed by atoms with Crippen LogP contribution in [0.25, 0.3) is 0 Å². The molecular formula is C12H15BrN4O3. The Labute approximate surface area is 124 Å². The van der Waals surface area contributed by atoms with E-state index in [1.807, 2.05) is 6.92 Å². The Hall–Kier alpha value is -1.70.